The van der Waals surface area contributed by atoms with Gasteiger partial charge in [0, 0.05) is 38.6 Å². The van der Waals surface area contributed by atoms with E-state index in [1.165, 1.54) is 18.6 Å². The summed E-state index contributed by atoms with van der Waals surface area (Å²) in [6, 6.07) is 0.0403. The summed E-state index contributed by atoms with van der Waals surface area (Å²) in [7, 11) is 0. The van der Waals surface area contributed by atoms with E-state index in [9.17, 15) is 9.59 Å². The van der Waals surface area contributed by atoms with Gasteiger partial charge in [-0.2, -0.15) is 0 Å². The normalized spacial score (nSPS) is 22.7. The van der Waals surface area contributed by atoms with E-state index in [0.29, 0.717) is 31.9 Å². The minimum atomic E-state index is -0.123. The molecule has 0 saturated carbocycles. The molecular formula is C11H13N5O2. The fourth-order valence-corrected chi connectivity index (χ4v) is 2.36. The van der Waals surface area contributed by atoms with Gasteiger partial charge in [0.05, 0.1) is 12.2 Å². The summed E-state index contributed by atoms with van der Waals surface area (Å²) >= 11 is 0. The average Bonchev–Trinajstić information content (AvgIpc) is 2.80. The maximum atomic E-state index is 12.2. The number of fused-ring (bicyclic) bond motifs is 1. The van der Waals surface area contributed by atoms with Gasteiger partial charge in [0.2, 0.25) is 0 Å². The molecular weight excluding hydrogens is 234 g/mol. The van der Waals surface area contributed by atoms with E-state index in [4.69, 9.17) is 0 Å². The number of carbonyl (C=O) groups excluding carboxylic acids is 2. The molecule has 1 N–H and O–H groups in total. The van der Waals surface area contributed by atoms with Gasteiger partial charge in [0.15, 0.2) is 0 Å². The Morgan fingerprint density at radius 3 is 3.06 bits per heavy atom. The van der Waals surface area contributed by atoms with Crippen molar-refractivity contribution in [3.05, 3.63) is 24.3 Å². The highest BCUT2D eigenvalue weighted by Crippen LogP contribution is 2.15. The Bertz CT molecular complexity index is 478. The van der Waals surface area contributed by atoms with Gasteiger partial charge in [-0.1, -0.05) is 0 Å². The van der Waals surface area contributed by atoms with Gasteiger partial charge in [0.1, 0.15) is 5.69 Å². The van der Waals surface area contributed by atoms with Gasteiger partial charge in [-0.3, -0.25) is 9.78 Å². The van der Waals surface area contributed by atoms with E-state index in [2.05, 4.69) is 15.3 Å². The van der Waals surface area contributed by atoms with Crippen LogP contribution < -0.4 is 5.32 Å². The first-order chi connectivity index (χ1) is 8.75. The first-order valence-electron chi connectivity index (χ1n) is 5.85. The topological polar surface area (TPSA) is 78.4 Å². The van der Waals surface area contributed by atoms with Crippen LogP contribution in [-0.4, -0.2) is 63.9 Å². The summed E-state index contributed by atoms with van der Waals surface area (Å²) in [5.41, 5.74) is 0.350. The van der Waals surface area contributed by atoms with Crippen LogP contribution in [0.4, 0.5) is 4.79 Å². The largest absolute Gasteiger partial charge is 0.336 e. The second-order valence-corrected chi connectivity index (χ2v) is 4.38. The van der Waals surface area contributed by atoms with Crippen LogP contribution in [0.3, 0.4) is 0 Å². The predicted octanol–water partition coefficient (Wildman–Crippen LogP) is -0.674. The molecule has 2 fully saturated rings. The Morgan fingerprint density at radius 1 is 1.39 bits per heavy atom. The van der Waals surface area contributed by atoms with Crippen LogP contribution in [0.15, 0.2) is 18.6 Å². The van der Waals surface area contributed by atoms with Crippen LogP contribution in [-0.2, 0) is 0 Å². The quantitative estimate of drug-likeness (QED) is 0.713. The van der Waals surface area contributed by atoms with Gasteiger partial charge >= 0.3 is 6.03 Å². The highest BCUT2D eigenvalue weighted by atomic mass is 16.2. The molecule has 7 nitrogen and oxygen atoms in total. The van der Waals surface area contributed by atoms with Crippen LogP contribution >= 0.6 is 0 Å². The SMILES string of the molecule is O=C(c1cnccn1)N1CCN2C(=O)NCC2C1. The van der Waals surface area contributed by atoms with E-state index < -0.39 is 0 Å². The van der Waals surface area contributed by atoms with Gasteiger partial charge < -0.3 is 15.1 Å². The minimum absolute atomic E-state index is 0.0356. The van der Waals surface area contributed by atoms with Crippen molar-refractivity contribution in [1.82, 2.24) is 25.1 Å². The van der Waals surface area contributed by atoms with E-state index in [1.807, 2.05) is 0 Å². The van der Waals surface area contributed by atoms with E-state index in [0.717, 1.165) is 0 Å². The summed E-state index contributed by atoms with van der Waals surface area (Å²) in [6.07, 6.45) is 4.51. The lowest BCUT2D eigenvalue weighted by atomic mass is 10.2. The first-order valence-corrected chi connectivity index (χ1v) is 5.85. The molecule has 0 aromatic carbocycles. The number of nitrogens with one attached hydrogen (secondary N) is 1. The Hall–Kier alpha value is -2.18. The van der Waals surface area contributed by atoms with Crippen LogP contribution in [0, 0.1) is 0 Å². The number of aromatic nitrogens is 2. The molecule has 2 aliphatic rings. The van der Waals surface area contributed by atoms with Crippen molar-refractivity contribution in [1.29, 1.82) is 0 Å². The van der Waals surface area contributed by atoms with Crippen molar-refractivity contribution in [2.24, 2.45) is 0 Å². The number of rotatable bonds is 1. The van der Waals surface area contributed by atoms with E-state index in [1.54, 1.807) is 9.80 Å². The summed E-state index contributed by atoms with van der Waals surface area (Å²) in [5, 5.41) is 2.78. The Kier molecular flexibility index (Phi) is 2.58. The molecule has 0 bridgehead atoms. The molecule has 1 unspecified atom stereocenters. The van der Waals surface area contributed by atoms with Gasteiger partial charge in [-0.25, -0.2) is 9.78 Å². The van der Waals surface area contributed by atoms with E-state index in [-0.39, 0.29) is 18.0 Å². The van der Waals surface area contributed by atoms with Gasteiger partial charge in [-0.05, 0) is 0 Å². The summed E-state index contributed by atoms with van der Waals surface area (Å²) in [6.45, 7) is 2.26. The molecule has 18 heavy (non-hydrogen) atoms. The highest BCUT2D eigenvalue weighted by molar-refractivity contribution is 5.92. The maximum absolute atomic E-state index is 12.2. The van der Waals surface area contributed by atoms with Crippen molar-refractivity contribution < 1.29 is 9.59 Å². The monoisotopic (exact) mass is 247 g/mol. The molecule has 1 aromatic heterocycles. The van der Waals surface area contributed by atoms with E-state index >= 15 is 0 Å². The molecule has 2 aliphatic heterocycles. The molecule has 2 saturated heterocycles. The van der Waals surface area contributed by atoms with Gasteiger partial charge in [0.25, 0.3) is 5.91 Å². The molecule has 0 spiro atoms. The second kappa shape index (κ2) is 4.25. The number of carbonyl (C=O) groups is 2. The Morgan fingerprint density at radius 2 is 2.28 bits per heavy atom. The summed E-state index contributed by atoms with van der Waals surface area (Å²) in [4.78, 5) is 35.0. The fraction of sp³-hybridized carbons (Fsp3) is 0.455. The number of piperazine rings is 1. The lowest BCUT2D eigenvalue weighted by molar-refractivity contribution is 0.0611. The second-order valence-electron chi connectivity index (χ2n) is 4.38. The lowest BCUT2D eigenvalue weighted by Gasteiger charge is -2.36. The highest BCUT2D eigenvalue weighted by Gasteiger charge is 2.37. The zero-order valence-electron chi connectivity index (χ0n) is 9.74. The molecule has 3 heterocycles. The van der Waals surface area contributed by atoms with Crippen LogP contribution in [0.25, 0.3) is 0 Å². The van der Waals surface area contributed by atoms with Crippen molar-refractivity contribution in [3.63, 3.8) is 0 Å². The number of amides is 3. The van der Waals surface area contributed by atoms with Crippen LogP contribution in [0.1, 0.15) is 10.5 Å². The molecule has 7 heteroatoms. The van der Waals surface area contributed by atoms with Crippen molar-refractivity contribution >= 4 is 11.9 Å². The molecule has 3 rings (SSSR count). The predicted molar refractivity (Wildman–Crippen MR) is 61.8 cm³/mol. The van der Waals surface area contributed by atoms with Gasteiger partial charge in [-0.15, -0.1) is 0 Å². The third-order valence-electron chi connectivity index (χ3n) is 3.30. The van der Waals surface area contributed by atoms with Crippen LogP contribution in [0.5, 0.6) is 0 Å². The zero-order chi connectivity index (χ0) is 12.5. The third kappa shape index (κ3) is 1.77. The third-order valence-corrected chi connectivity index (χ3v) is 3.30. The smallest absolute Gasteiger partial charge is 0.317 e. The lowest BCUT2D eigenvalue weighted by Crippen LogP contribution is -2.53. The summed E-state index contributed by atoms with van der Waals surface area (Å²) in [5.74, 6) is -0.123. The van der Waals surface area contributed by atoms with Crippen molar-refractivity contribution in [2.45, 2.75) is 6.04 Å². The van der Waals surface area contributed by atoms with Crippen molar-refractivity contribution in [3.8, 4) is 0 Å². The standard InChI is InChI=1S/C11H13N5O2/c17-10(9-6-12-1-2-13-9)15-3-4-16-8(7-15)5-14-11(16)18/h1-2,6,8H,3-5,7H2,(H,14,18). The fourth-order valence-electron chi connectivity index (χ4n) is 2.36. The maximum Gasteiger partial charge on any atom is 0.317 e. The average molecular weight is 247 g/mol. The molecule has 1 aromatic rings. The Labute approximate surface area is 104 Å². The molecule has 1 atom stereocenters. The number of nitrogens with zero attached hydrogens (tertiary/aromatic N) is 4. The summed E-state index contributed by atoms with van der Waals surface area (Å²) < 4.78 is 0. The minimum Gasteiger partial charge on any atom is -0.336 e. The number of hydrogen-bond donors (Lipinski definition) is 1. The molecule has 3 amide bonds. The Balaban J connectivity index is 1.72. The number of hydrogen-bond acceptors (Lipinski definition) is 4. The zero-order valence-corrected chi connectivity index (χ0v) is 9.74. The first kappa shape index (κ1) is 10.9. The van der Waals surface area contributed by atoms with Crippen molar-refractivity contribution in [2.75, 3.05) is 26.2 Å². The number of urea groups is 1. The molecule has 94 valence electrons. The molecule has 0 aliphatic carbocycles. The van der Waals surface area contributed by atoms with Crippen LogP contribution in [0.2, 0.25) is 0 Å². The molecule has 0 radical (unpaired) electrons.